The summed E-state index contributed by atoms with van der Waals surface area (Å²) in [5, 5.41) is 10.3. The number of hydrogen-bond acceptors (Lipinski definition) is 6. The van der Waals surface area contributed by atoms with Gasteiger partial charge >= 0.3 is 0 Å². The number of aryl methyl sites for hydroxylation is 1. The fraction of sp³-hybridized carbons (Fsp3) is 0.244. The van der Waals surface area contributed by atoms with Crippen molar-refractivity contribution in [3.63, 3.8) is 0 Å². The maximum atomic E-state index is 5.10. The SMILES string of the molecule is CCn1c2c[c-]c(-c3cc(CC4CCCC4)c([Si](C)(C)C)cn3)cc2c2ccccc21.C[Si](C)(C)c1cnc(-c2[c-]cc3c(c2)-c2ccccc2S3(c2ccccc2)c2ccccc2)cc1CC1CCCC1.C[Si](C)(C)c1cnc(-c2[c-]cc3c(c2)-c2ccccc2[Si]3(C)C)cc1CC1CCCC1.[Ir].[Ir].[Ir].[c-]1ccccc1-c1ccccn1.[c-]1ccccc1-c1ccccn1.[c-]1ccccc1-c1ccccn1. The van der Waals surface area contributed by atoms with E-state index >= 15 is 0 Å². The summed E-state index contributed by atoms with van der Waals surface area (Å²) in [7, 11) is -7.61. The van der Waals surface area contributed by atoms with Gasteiger partial charge in [0.05, 0.1) is 32.3 Å². The van der Waals surface area contributed by atoms with Gasteiger partial charge in [0.25, 0.3) is 0 Å². The number of fused-ring (bicyclic) bond motifs is 9. The summed E-state index contributed by atoms with van der Waals surface area (Å²) < 4.78 is 2.39. The fourth-order valence-corrected chi connectivity index (χ4v) is 33.5. The molecule has 7 nitrogen and oxygen atoms in total. The van der Waals surface area contributed by atoms with E-state index in [1.54, 1.807) is 40.1 Å². The molecule has 7 aromatic heterocycles. The molecule has 727 valence electrons. The van der Waals surface area contributed by atoms with Crippen molar-refractivity contribution in [1.82, 2.24) is 34.5 Å². The van der Waals surface area contributed by atoms with E-state index in [0.717, 1.165) is 91.8 Å². The average molecular weight is 2470 g/mol. The van der Waals surface area contributed by atoms with Gasteiger partial charge in [-0.3, -0.25) is 0 Å². The minimum absolute atomic E-state index is 0. The Labute approximate surface area is 891 Å². The van der Waals surface area contributed by atoms with Crippen LogP contribution in [0.25, 0.3) is 112 Å². The Bertz CT molecular complexity index is 6860. The summed E-state index contributed by atoms with van der Waals surface area (Å²) in [5.41, 5.74) is 25.3. The van der Waals surface area contributed by atoms with Crippen molar-refractivity contribution in [3.8, 4) is 89.8 Å². The second kappa shape index (κ2) is 47.9. The summed E-state index contributed by atoms with van der Waals surface area (Å²) in [6.07, 6.45) is 32.3. The van der Waals surface area contributed by atoms with Gasteiger partial charge in [0.15, 0.2) is 0 Å². The van der Waals surface area contributed by atoms with Crippen LogP contribution in [0.3, 0.4) is 0 Å². The molecule has 0 amide bonds. The van der Waals surface area contributed by atoms with Crippen molar-refractivity contribution in [3.05, 3.63) is 406 Å². The Balaban J connectivity index is 0.000000136. The first-order valence-corrected chi connectivity index (χ1v) is 65.5. The number of rotatable bonds is 18. The molecule has 2 aliphatic heterocycles. The van der Waals surface area contributed by atoms with Crippen molar-refractivity contribution in [2.75, 3.05) is 0 Å². The van der Waals surface area contributed by atoms with Crippen LogP contribution in [-0.2, 0) is 86.1 Å². The third kappa shape index (κ3) is 24.1. The number of pyridine rings is 6. The maximum Gasteiger partial charge on any atom is 0.0798 e. The van der Waals surface area contributed by atoms with Crippen LogP contribution in [0.1, 0.15) is 101 Å². The average Bonchev–Trinajstić information content (AvgIpc) is 1.53. The van der Waals surface area contributed by atoms with Crippen LogP contribution in [0.4, 0.5) is 0 Å². The van der Waals surface area contributed by atoms with Crippen molar-refractivity contribution < 1.29 is 60.3 Å². The Kier molecular flexibility index (Phi) is 35.6. The van der Waals surface area contributed by atoms with E-state index in [0.29, 0.717) is 0 Å². The van der Waals surface area contributed by atoms with Gasteiger partial charge in [-0.15, -0.1) is 184 Å². The van der Waals surface area contributed by atoms with E-state index in [1.165, 1.54) is 181 Å². The van der Waals surface area contributed by atoms with E-state index in [1.807, 2.05) is 127 Å². The van der Waals surface area contributed by atoms with Crippen molar-refractivity contribution in [1.29, 1.82) is 0 Å². The van der Waals surface area contributed by atoms with E-state index in [-0.39, 0.29) is 60.3 Å². The molecule has 9 heterocycles. The van der Waals surface area contributed by atoms with E-state index in [4.69, 9.17) is 15.0 Å². The van der Waals surface area contributed by atoms with E-state index in [2.05, 4.69) is 342 Å². The Hall–Kier alpha value is -10.7. The molecule has 3 aliphatic carbocycles. The van der Waals surface area contributed by atoms with Crippen LogP contribution in [0.15, 0.2) is 372 Å². The smallest absolute Gasteiger partial charge is 0.0798 e. The molecule has 142 heavy (non-hydrogen) atoms. The third-order valence-corrected chi connectivity index (χ3v) is 42.3. The molecule has 3 saturated carbocycles. The van der Waals surface area contributed by atoms with Gasteiger partial charge < -0.3 is 34.5 Å². The predicted molar refractivity (Wildman–Crippen MR) is 597 cm³/mol. The van der Waals surface area contributed by atoms with Crippen molar-refractivity contribution in [2.24, 2.45) is 17.8 Å². The normalized spacial score (nSPS) is 14.5. The zero-order valence-electron chi connectivity index (χ0n) is 84.1. The molecule has 0 bridgehead atoms. The molecule has 23 rings (SSSR count). The van der Waals surface area contributed by atoms with E-state index < -0.39 is 42.3 Å². The number of para-hydroxylation sites is 1. The molecule has 15 heteroatoms. The molecular weight excluding hydrogens is 2340 g/mol. The van der Waals surface area contributed by atoms with Gasteiger partial charge in [0.2, 0.25) is 0 Å². The largest absolute Gasteiger partial charge is 0.381 e. The second-order valence-corrected chi connectivity index (χ2v) is 64.1. The summed E-state index contributed by atoms with van der Waals surface area (Å²) in [6.45, 7) is 30.2. The van der Waals surface area contributed by atoms with Gasteiger partial charge in [0, 0.05) is 114 Å². The quantitative estimate of drug-likeness (QED) is 0.0629. The summed E-state index contributed by atoms with van der Waals surface area (Å²) >= 11 is 0. The summed E-state index contributed by atoms with van der Waals surface area (Å²) in [5.74, 6) is 2.52. The first kappa shape index (κ1) is 106. The minimum atomic E-state index is -1.63. The van der Waals surface area contributed by atoms with Gasteiger partial charge in [0.1, 0.15) is 0 Å². The van der Waals surface area contributed by atoms with Crippen LogP contribution in [0.2, 0.25) is 72.0 Å². The number of benzene rings is 11. The molecule has 0 spiro atoms. The molecule has 11 aromatic carbocycles. The van der Waals surface area contributed by atoms with Crippen LogP contribution < -0.4 is 25.9 Å². The van der Waals surface area contributed by atoms with Crippen LogP contribution in [-0.4, -0.2) is 66.8 Å². The Morgan fingerprint density at radius 3 is 1.10 bits per heavy atom. The standard InChI is InChI=1S/C38H38NSSi.C28H33N2Si.C28H34NSi2.3C11H8N.3Ir/c1-41(2,3)38-27-39-35(26-30(38)24-28-14-10-11-15-28)29-22-23-37-34(25-29)33-20-12-13-21-36(33)40(37,31-16-6-4-7-17-31)32-18-8-5-9-19-32;1-5-30-26-13-9-8-12-23(26)24-17-21(14-15-27(24)30)25-18-22(16-20-10-6-7-11-20)28(19-29-25)31(2,3)4;1-30(2,3)28-19-29-25(18-22(28)16-20-10-6-7-11-20)21-14-15-27-24(17-21)23-12-8-9-13-26(23)31(27,4)5;3*1-2-6-10(7-3-1)11-8-4-5-9-12-11;;;/h4-9,12-13,16-21,23,25-28H,10-11,14-15,24H2,1-3H3;8-9,12-13,15,17-20H,5-7,10-11,16H2,1-4H3;8-9,12-13,15,17-20H,6-7,10-11,16H2,1-5H3;3*1-6,8-9H;;;/q6*-1;;;. The number of nitrogens with zero attached hydrogens (tertiary/aromatic N) is 7. The molecule has 0 unspecified atom stereocenters. The van der Waals surface area contributed by atoms with Gasteiger partial charge in [-0.05, 0) is 180 Å². The van der Waals surface area contributed by atoms with Crippen molar-refractivity contribution >= 4 is 90.1 Å². The van der Waals surface area contributed by atoms with E-state index in [9.17, 15) is 0 Å². The molecule has 3 fully saturated rings. The zero-order chi connectivity index (χ0) is 96.1. The minimum Gasteiger partial charge on any atom is -0.381 e. The first-order chi connectivity index (χ1) is 67.6. The van der Waals surface area contributed by atoms with Crippen molar-refractivity contribution in [2.45, 2.75) is 201 Å². The Morgan fingerprint density at radius 2 is 0.683 bits per heavy atom. The van der Waals surface area contributed by atoms with Gasteiger partial charge in [-0.25, -0.2) is 0 Å². The molecule has 3 radical (unpaired) electrons. The maximum absolute atomic E-state index is 5.10. The summed E-state index contributed by atoms with van der Waals surface area (Å²) in [6, 6.07) is 131. The fourth-order valence-electron chi connectivity index (χ4n) is 21.6. The van der Waals surface area contributed by atoms with Gasteiger partial charge in [-0.1, -0.05) is 344 Å². The predicted octanol–water partition coefficient (Wildman–Crippen LogP) is 30.4. The van der Waals surface area contributed by atoms with Crippen LogP contribution in [0, 0.1) is 54.2 Å². The van der Waals surface area contributed by atoms with Crippen LogP contribution in [0.5, 0.6) is 0 Å². The number of hydrogen-bond donors (Lipinski definition) is 0. The molecule has 5 aliphatic rings. The topological polar surface area (TPSA) is 82.3 Å². The van der Waals surface area contributed by atoms with Crippen LogP contribution >= 0.6 is 10.0 Å². The monoisotopic (exact) mass is 2470 g/mol. The Morgan fingerprint density at radius 1 is 0.310 bits per heavy atom. The number of aromatic nitrogens is 7. The molecule has 0 atom stereocenters. The summed E-state index contributed by atoms with van der Waals surface area (Å²) in [4.78, 5) is 33.2. The zero-order valence-corrected chi connectivity index (χ0v) is 96.1. The molecular formula is C127H129Ir3N7SSi4-6. The second-order valence-electron chi connectivity index (χ2n) is 41.6. The molecule has 0 N–H and O–H groups in total. The third-order valence-electron chi connectivity index (χ3n) is 28.6. The first-order valence-electron chi connectivity index (χ1n) is 50.4. The molecule has 0 saturated heterocycles. The van der Waals surface area contributed by atoms with Gasteiger partial charge in [-0.2, -0.15) is 10.0 Å². The molecule has 18 aromatic rings.